The van der Waals surface area contributed by atoms with Gasteiger partial charge in [-0.3, -0.25) is 9.69 Å². The maximum atomic E-state index is 12.7. The first-order valence-electron chi connectivity index (χ1n) is 8.48. The Morgan fingerprint density at radius 1 is 1.19 bits per heavy atom. The molecule has 1 heterocycles. The van der Waals surface area contributed by atoms with Crippen molar-refractivity contribution in [2.75, 3.05) is 25.0 Å². The number of carbonyl (C=O) groups is 1. The molecule has 0 fully saturated rings. The number of rotatable bonds is 5. The lowest BCUT2D eigenvalue weighted by Crippen LogP contribution is -2.39. The summed E-state index contributed by atoms with van der Waals surface area (Å²) in [4.78, 5) is 16.6. The number of primary sulfonamides is 1. The van der Waals surface area contributed by atoms with Crippen molar-refractivity contribution < 1.29 is 13.2 Å². The Bertz CT molecular complexity index is 910. The molecule has 0 aliphatic carbocycles. The number of sulfonamides is 1. The van der Waals surface area contributed by atoms with Crippen LogP contribution in [-0.2, 0) is 21.2 Å². The van der Waals surface area contributed by atoms with Crippen molar-refractivity contribution in [2.45, 2.75) is 24.3 Å². The first-order chi connectivity index (χ1) is 12.3. The molecule has 7 heteroatoms. The van der Waals surface area contributed by atoms with Crippen LogP contribution in [0.2, 0.25) is 0 Å². The number of nitrogens with two attached hydrogens (primary N) is 1. The minimum Gasteiger partial charge on any atom is -0.311 e. The fraction of sp³-hybridized carbons (Fsp3) is 0.316. The van der Waals surface area contributed by atoms with Gasteiger partial charge in [0.1, 0.15) is 0 Å². The number of nitrogens with zero attached hydrogens (tertiary/aromatic N) is 2. The summed E-state index contributed by atoms with van der Waals surface area (Å²) >= 11 is 0. The second-order valence-electron chi connectivity index (χ2n) is 6.63. The summed E-state index contributed by atoms with van der Waals surface area (Å²) < 4.78 is 22.7. The summed E-state index contributed by atoms with van der Waals surface area (Å²) in [5, 5.41) is 5.13. The Morgan fingerprint density at radius 2 is 1.85 bits per heavy atom. The SMILES string of the molecule is CC(c1ccc(S(N)(=O)=O)cc1)N(C)CC(=O)N1CCc2ccccc21. The third-order valence-corrected chi connectivity index (χ3v) is 5.85. The number of carbonyl (C=O) groups excluding carboxylic acids is 1. The Labute approximate surface area is 154 Å². The van der Waals surface area contributed by atoms with Crippen molar-refractivity contribution in [3.63, 3.8) is 0 Å². The molecule has 6 nitrogen and oxygen atoms in total. The van der Waals surface area contributed by atoms with E-state index in [1.165, 1.54) is 17.7 Å². The lowest BCUT2D eigenvalue weighted by atomic mass is 10.1. The van der Waals surface area contributed by atoms with Gasteiger partial charge in [0.15, 0.2) is 0 Å². The van der Waals surface area contributed by atoms with Gasteiger partial charge >= 0.3 is 0 Å². The predicted octanol–water partition coefficient (Wildman–Crippen LogP) is 1.92. The van der Waals surface area contributed by atoms with Gasteiger partial charge in [-0.15, -0.1) is 0 Å². The standard InChI is InChI=1S/C19H23N3O3S/c1-14(15-7-9-17(10-8-15)26(20,24)25)21(2)13-19(23)22-12-11-16-5-3-4-6-18(16)22/h3-10,14H,11-13H2,1-2H3,(H2,20,24,25). The zero-order chi connectivity index (χ0) is 18.9. The van der Waals surface area contributed by atoms with Crippen molar-refractivity contribution in [2.24, 2.45) is 5.14 Å². The summed E-state index contributed by atoms with van der Waals surface area (Å²) in [7, 11) is -1.81. The third-order valence-electron chi connectivity index (χ3n) is 4.93. The van der Waals surface area contributed by atoms with Gasteiger partial charge in [0, 0.05) is 18.3 Å². The van der Waals surface area contributed by atoms with Crippen LogP contribution in [-0.4, -0.2) is 39.4 Å². The van der Waals surface area contributed by atoms with Crippen LogP contribution in [0.4, 0.5) is 5.69 Å². The Hall–Kier alpha value is -2.22. The van der Waals surface area contributed by atoms with Crippen LogP contribution in [0.3, 0.4) is 0 Å². The highest BCUT2D eigenvalue weighted by atomic mass is 32.2. The number of hydrogen-bond donors (Lipinski definition) is 1. The molecule has 0 saturated heterocycles. The maximum Gasteiger partial charge on any atom is 0.241 e. The molecule has 1 aliphatic rings. The van der Waals surface area contributed by atoms with Crippen LogP contribution in [0, 0.1) is 0 Å². The van der Waals surface area contributed by atoms with Gasteiger partial charge in [-0.1, -0.05) is 30.3 Å². The Kier molecular flexibility index (Phi) is 5.13. The van der Waals surface area contributed by atoms with Gasteiger partial charge in [0.25, 0.3) is 0 Å². The van der Waals surface area contributed by atoms with E-state index < -0.39 is 10.0 Å². The van der Waals surface area contributed by atoms with E-state index in [2.05, 4.69) is 6.07 Å². The average molecular weight is 373 g/mol. The number of anilines is 1. The summed E-state index contributed by atoms with van der Waals surface area (Å²) in [6.45, 7) is 2.98. The lowest BCUT2D eigenvalue weighted by Gasteiger charge is -2.27. The van der Waals surface area contributed by atoms with E-state index in [0.29, 0.717) is 6.54 Å². The van der Waals surface area contributed by atoms with E-state index in [4.69, 9.17) is 5.14 Å². The number of amides is 1. The first-order valence-corrected chi connectivity index (χ1v) is 10.0. The number of para-hydroxylation sites is 1. The van der Waals surface area contributed by atoms with Crippen molar-refractivity contribution in [3.05, 3.63) is 59.7 Å². The molecule has 3 rings (SSSR count). The van der Waals surface area contributed by atoms with Crippen molar-refractivity contribution in [1.29, 1.82) is 0 Å². The fourth-order valence-corrected chi connectivity index (χ4v) is 3.74. The third kappa shape index (κ3) is 3.80. The summed E-state index contributed by atoms with van der Waals surface area (Å²) in [6.07, 6.45) is 0.885. The van der Waals surface area contributed by atoms with Crippen molar-refractivity contribution in [3.8, 4) is 0 Å². The zero-order valence-corrected chi connectivity index (χ0v) is 15.7. The van der Waals surface area contributed by atoms with Crippen molar-refractivity contribution in [1.82, 2.24) is 4.90 Å². The molecule has 26 heavy (non-hydrogen) atoms. The topological polar surface area (TPSA) is 83.7 Å². The van der Waals surface area contributed by atoms with Gasteiger partial charge < -0.3 is 4.90 Å². The maximum absolute atomic E-state index is 12.7. The average Bonchev–Trinajstić information content (AvgIpc) is 3.04. The molecule has 0 saturated carbocycles. The van der Waals surface area contributed by atoms with E-state index in [-0.39, 0.29) is 23.4 Å². The molecule has 138 valence electrons. The monoisotopic (exact) mass is 373 g/mol. The predicted molar refractivity (Wildman–Crippen MR) is 101 cm³/mol. The normalized spacial score (nSPS) is 15.2. The van der Waals surface area contributed by atoms with E-state index in [1.54, 1.807) is 12.1 Å². The van der Waals surface area contributed by atoms with Crippen LogP contribution in [0.15, 0.2) is 53.4 Å². The second kappa shape index (κ2) is 7.19. The van der Waals surface area contributed by atoms with Crippen molar-refractivity contribution >= 4 is 21.6 Å². The van der Waals surface area contributed by atoms with E-state index >= 15 is 0 Å². The highest BCUT2D eigenvalue weighted by Gasteiger charge is 2.26. The van der Waals surface area contributed by atoms with Gasteiger partial charge in [0.2, 0.25) is 15.9 Å². The molecule has 1 aliphatic heterocycles. The molecule has 0 spiro atoms. The molecule has 0 bridgehead atoms. The molecule has 2 N–H and O–H groups in total. The molecule has 2 aromatic carbocycles. The number of hydrogen-bond acceptors (Lipinski definition) is 4. The van der Waals surface area contributed by atoms with Gasteiger partial charge in [-0.05, 0) is 49.7 Å². The molecular formula is C19H23N3O3S. The highest BCUT2D eigenvalue weighted by Crippen LogP contribution is 2.28. The summed E-state index contributed by atoms with van der Waals surface area (Å²) in [5.74, 6) is 0.0606. The number of fused-ring (bicyclic) bond motifs is 1. The van der Waals surface area contributed by atoms with E-state index in [9.17, 15) is 13.2 Å². The van der Waals surface area contributed by atoms with Crippen LogP contribution in [0.1, 0.15) is 24.1 Å². The Balaban J connectivity index is 1.68. The second-order valence-corrected chi connectivity index (χ2v) is 8.19. The van der Waals surface area contributed by atoms with Gasteiger partial charge in [-0.25, -0.2) is 13.6 Å². The Morgan fingerprint density at radius 3 is 2.50 bits per heavy atom. The van der Waals surface area contributed by atoms with Crippen LogP contribution < -0.4 is 10.0 Å². The molecule has 0 aromatic heterocycles. The molecule has 0 radical (unpaired) electrons. The largest absolute Gasteiger partial charge is 0.311 e. The molecular weight excluding hydrogens is 350 g/mol. The minimum atomic E-state index is -3.70. The molecule has 1 atom stereocenters. The first kappa shape index (κ1) is 18.6. The zero-order valence-electron chi connectivity index (χ0n) is 14.9. The van der Waals surface area contributed by atoms with Crippen LogP contribution in [0.5, 0.6) is 0 Å². The molecule has 2 aromatic rings. The molecule has 1 amide bonds. The number of benzene rings is 2. The van der Waals surface area contributed by atoms with E-state index in [1.807, 2.05) is 42.0 Å². The summed E-state index contributed by atoms with van der Waals surface area (Å²) in [6, 6.07) is 14.4. The minimum absolute atomic E-state index is 0.0358. The molecule has 1 unspecified atom stereocenters. The highest BCUT2D eigenvalue weighted by molar-refractivity contribution is 7.89. The number of likely N-dealkylation sites (N-methyl/N-ethyl adjacent to an activating group) is 1. The van der Waals surface area contributed by atoms with Gasteiger partial charge in [-0.2, -0.15) is 0 Å². The fourth-order valence-electron chi connectivity index (χ4n) is 3.22. The lowest BCUT2D eigenvalue weighted by molar-refractivity contribution is -0.119. The quantitative estimate of drug-likeness (QED) is 0.868. The van der Waals surface area contributed by atoms with Crippen LogP contribution in [0.25, 0.3) is 0 Å². The van der Waals surface area contributed by atoms with E-state index in [0.717, 1.165) is 17.7 Å². The summed E-state index contributed by atoms with van der Waals surface area (Å²) in [5.41, 5.74) is 3.13. The smallest absolute Gasteiger partial charge is 0.241 e. The van der Waals surface area contributed by atoms with Crippen LogP contribution >= 0.6 is 0 Å². The van der Waals surface area contributed by atoms with Gasteiger partial charge in [0.05, 0.1) is 11.4 Å².